The van der Waals surface area contributed by atoms with Crippen LogP contribution in [0.4, 0.5) is 11.4 Å². The summed E-state index contributed by atoms with van der Waals surface area (Å²) >= 11 is 3.36. The Balaban J connectivity index is 1.54. The van der Waals surface area contributed by atoms with Crippen LogP contribution >= 0.6 is 15.9 Å². The highest BCUT2D eigenvalue weighted by atomic mass is 79.9. The minimum absolute atomic E-state index is 0.0451. The molecule has 7 nitrogen and oxygen atoms in total. The third-order valence-corrected chi connectivity index (χ3v) is 5.12. The van der Waals surface area contributed by atoms with Crippen LogP contribution in [0.2, 0.25) is 0 Å². The molecule has 0 radical (unpaired) electrons. The quantitative estimate of drug-likeness (QED) is 0.668. The Morgan fingerprint density at radius 1 is 1.24 bits per heavy atom. The van der Waals surface area contributed by atoms with Gasteiger partial charge in [-0.2, -0.15) is 0 Å². The standard InChI is InChI=1S/C21H21BrN2O5/c1-13-8-15(22)6-7-18(13)23-19(25)12-29-21(27)14-9-20(26)24(11-14)16-4-3-5-17(10-16)28-2/h3-8,10,14H,9,11-12H2,1-2H3,(H,23,25)/t14-/m1/s1. The van der Waals surface area contributed by atoms with Crippen LogP contribution in [0.25, 0.3) is 0 Å². The van der Waals surface area contributed by atoms with E-state index in [0.717, 1.165) is 10.0 Å². The van der Waals surface area contributed by atoms with Gasteiger partial charge in [-0.3, -0.25) is 14.4 Å². The van der Waals surface area contributed by atoms with Gasteiger partial charge >= 0.3 is 5.97 Å². The van der Waals surface area contributed by atoms with Gasteiger partial charge in [0.1, 0.15) is 5.75 Å². The second-order valence-electron chi connectivity index (χ2n) is 6.72. The molecule has 2 aromatic rings. The molecule has 1 aliphatic heterocycles. The van der Waals surface area contributed by atoms with E-state index < -0.39 is 24.4 Å². The zero-order valence-electron chi connectivity index (χ0n) is 16.1. The number of carbonyl (C=O) groups is 3. The van der Waals surface area contributed by atoms with Gasteiger partial charge in [0.2, 0.25) is 5.91 Å². The highest BCUT2D eigenvalue weighted by Gasteiger charge is 2.36. The summed E-state index contributed by atoms with van der Waals surface area (Å²) in [6, 6.07) is 12.5. The van der Waals surface area contributed by atoms with Crippen molar-refractivity contribution in [2.24, 2.45) is 5.92 Å². The van der Waals surface area contributed by atoms with Crippen LogP contribution in [-0.4, -0.2) is 38.0 Å². The van der Waals surface area contributed by atoms with Crippen molar-refractivity contribution in [3.8, 4) is 5.75 Å². The molecule has 0 aliphatic carbocycles. The first-order valence-electron chi connectivity index (χ1n) is 9.04. The largest absolute Gasteiger partial charge is 0.497 e. The van der Waals surface area contributed by atoms with E-state index in [-0.39, 0.29) is 18.9 Å². The van der Waals surface area contributed by atoms with Gasteiger partial charge in [-0.15, -0.1) is 0 Å². The highest BCUT2D eigenvalue weighted by Crippen LogP contribution is 2.28. The monoisotopic (exact) mass is 460 g/mol. The summed E-state index contributed by atoms with van der Waals surface area (Å²) in [4.78, 5) is 38.3. The number of aryl methyl sites for hydroxylation is 1. The molecule has 0 aromatic heterocycles. The molecule has 3 rings (SSSR count). The molecule has 0 saturated carbocycles. The molecule has 8 heteroatoms. The van der Waals surface area contributed by atoms with Gasteiger partial charge < -0.3 is 19.7 Å². The molecule has 0 bridgehead atoms. The summed E-state index contributed by atoms with van der Waals surface area (Å²) in [5.41, 5.74) is 2.19. The van der Waals surface area contributed by atoms with Crippen LogP contribution in [0.1, 0.15) is 12.0 Å². The van der Waals surface area contributed by atoms with Crippen LogP contribution < -0.4 is 15.0 Å². The zero-order chi connectivity index (χ0) is 21.0. The molecule has 1 heterocycles. The number of amides is 2. The number of benzene rings is 2. The number of ether oxygens (including phenoxy) is 2. The van der Waals surface area contributed by atoms with Crippen LogP contribution in [0, 0.1) is 12.8 Å². The number of esters is 1. The fraction of sp³-hybridized carbons (Fsp3) is 0.286. The Bertz CT molecular complexity index is 946. The Hall–Kier alpha value is -2.87. The van der Waals surface area contributed by atoms with Crippen molar-refractivity contribution in [3.05, 3.63) is 52.5 Å². The number of nitrogens with one attached hydrogen (secondary N) is 1. The Labute approximate surface area is 177 Å². The maximum Gasteiger partial charge on any atom is 0.311 e. The van der Waals surface area contributed by atoms with E-state index in [2.05, 4.69) is 21.2 Å². The molecule has 2 aromatic carbocycles. The minimum Gasteiger partial charge on any atom is -0.497 e. The van der Waals surface area contributed by atoms with E-state index in [9.17, 15) is 14.4 Å². The predicted octanol–water partition coefficient (Wildman–Crippen LogP) is 3.30. The Morgan fingerprint density at radius 2 is 2.03 bits per heavy atom. The van der Waals surface area contributed by atoms with Gasteiger partial charge in [0.15, 0.2) is 6.61 Å². The molecule has 1 aliphatic rings. The van der Waals surface area contributed by atoms with E-state index >= 15 is 0 Å². The van der Waals surface area contributed by atoms with Gasteiger partial charge in [-0.05, 0) is 42.8 Å². The lowest BCUT2D eigenvalue weighted by atomic mass is 10.1. The molecule has 1 saturated heterocycles. The van der Waals surface area contributed by atoms with Crippen LogP contribution in [0.3, 0.4) is 0 Å². The molecule has 152 valence electrons. The predicted molar refractivity (Wildman–Crippen MR) is 112 cm³/mol. The smallest absolute Gasteiger partial charge is 0.311 e. The van der Waals surface area contributed by atoms with Crippen molar-refractivity contribution in [1.29, 1.82) is 0 Å². The fourth-order valence-corrected chi connectivity index (χ4v) is 3.58. The van der Waals surface area contributed by atoms with E-state index in [4.69, 9.17) is 9.47 Å². The molecule has 29 heavy (non-hydrogen) atoms. The van der Waals surface area contributed by atoms with Gasteiger partial charge in [-0.25, -0.2) is 0 Å². The van der Waals surface area contributed by atoms with Crippen molar-refractivity contribution in [1.82, 2.24) is 0 Å². The van der Waals surface area contributed by atoms with Crippen LogP contribution in [0.5, 0.6) is 5.75 Å². The summed E-state index contributed by atoms with van der Waals surface area (Å²) in [7, 11) is 1.55. The van der Waals surface area contributed by atoms with Crippen molar-refractivity contribution in [3.63, 3.8) is 0 Å². The van der Waals surface area contributed by atoms with Gasteiger partial charge in [0, 0.05) is 34.9 Å². The molecule has 1 N–H and O–H groups in total. The van der Waals surface area contributed by atoms with Crippen molar-refractivity contribution < 1.29 is 23.9 Å². The molecular weight excluding hydrogens is 440 g/mol. The molecule has 2 amide bonds. The third-order valence-electron chi connectivity index (χ3n) is 4.63. The number of carbonyl (C=O) groups excluding carboxylic acids is 3. The van der Waals surface area contributed by atoms with Crippen molar-refractivity contribution >= 4 is 45.1 Å². The number of halogens is 1. The average Bonchev–Trinajstić information content (AvgIpc) is 3.10. The highest BCUT2D eigenvalue weighted by molar-refractivity contribution is 9.10. The summed E-state index contributed by atoms with van der Waals surface area (Å²) in [5, 5.41) is 2.71. The molecule has 0 spiro atoms. The maximum absolute atomic E-state index is 12.3. The SMILES string of the molecule is COc1cccc(N2C[C@H](C(=O)OCC(=O)Nc3ccc(Br)cc3C)CC2=O)c1. The van der Waals surface area contributed by atoms with Crippen molar-refractivity contribution in [2.45, 2.75) is 13.3 Å². The molecule has 1 atom stereocenters. The summed E-state index contributed by atoms with van der Waals surface area (Å²) in [5.74, 6) is -1.16. The number of nitrogens with zero attached hydrogens (tertiary/aromatic N) is 1. The number of hydrogen-bond acceptors (Lipinski definition) is 5. The molecule has 0 unspecified atom stereocenters. The maximum atomic E-state index is 12.3. The van der Waals surface area contributed by atoms with Crippen LogP contribution in [0.15, 0.2) is 46.9 Å². The van der Waals surface area contributed by atoms with E-state index in [1.165, 1.54) is 4.90 Å². The van der Waals surface area contributed by atoms with Crippen LogP contribution in [-0.2, 0) is 19.1 Å². The second-order valence-corrected chi connectivity index (χ2v) is 7.64. The Kier molecular flexibility index (Phi) is 6.53. The van der Waals surface area contributed by atoms with E-state index in [0.29, 0.717) is 17.1 Å². The fourth-order valence-electron chi connectivity index (χ4n) is 3.10. The zero-order valence-corrected chi connectivity index (χ0v) is 17.7. The third kappa shape index (κ3) is 5.14. The summed E-state index contributed by atoms with van der Waals surface area (Å²) in [6.45, 7) is 1.67. The average molecular weight is 461 g/mol. The first kappa shape index (κ1) is 20.9. The first-order valence-corrected chi connectivity index (χ1v) is 9.83. The molecular formula is C21H21BrN2O5. The first-order chi connectivity index (χ1) is 13.9. The lowest BCUT2D eigenvalue weighted by Crippen LogP contribution is -2.28. The van der Waals surface area contributed by atoms with Gasteiger partial charge in [-0.1, -0.05) is 22.0 Å². The van der Waals surface area contributed by atoms with Gasteiger partial charge in [0.25, 0.3) is 5.91 Å². The lowest BCUT2D eigenvalue weighted by Gasteiger charge is -2.17. The number of rotatable bonds is 6. The second kappa shape index (κ2) is 9.09. The summed E-state index contributed by atoms with van der Waals surface area (Å²) in [6.07, 6.45) is 0.0451. The topological polar surface area (TPSA) is 84.9 Å². The van der Waals surface area contributed by atoms with Gasteiger partial charge in [0.05, 0.1) is 13.0 Å². The number of hydrogen-bond donors (Lipinski definition) is 1. The Morgan fingerprint density at radius 3 is 2.76 bits per heavy atom. The summed E-state index contributed by atoms with van der Waals surface area (Å²) < 4.78 is 11.2. The normalized spacial score (nSPS) is 15.9. The number of anilines is 2. The molecule has 1 fully saturated rings. The lowest BCUT2D eigenvalue weighted by molar-refractivity contribution is -0.151. The van der Waals surface area contributed by atoms with E-state index in [1.54, 1.807) is 37.4 Å². The van der Waals surface area contributed by atoms with E-state index in [1.807, 2.05) is 19.1 Å². The number of methoxy groups -OCH3 is 1. The van der Waals surface area contributed by atoms with Crippen molar-refractivity contribution in [2.75, 3.05) is 30.5 Å². The minimum atomic E-state index is -0.615.